The number of rotatable bonds is 3. The summed E-state index contributed by atoms with van der Waals surface area (Å²) in [6.07, 6.45) is 0. The summed E-state index contributed by atoms with van der Waals surface area (Å²) < 4.78 is 7.91. The Bertz CT molecular complexity index is 3310. The van der Waals surface area contributed by atoms with E-state index in [4.69, 9.17) is 14.4 Å². The molecular formula is C52H36N2OS. The Morgan fingerprint density at radius 1 is 0.464 bits per heavy atom. The van der Waals surface area contributed by atoms with E-state index in [9.17, 15) is 0 Å². The van der Waals surface area contributed by atoms with Crippen molar-refractivity contribution in [1.82, 2.24) is 9.97 Å². The minimum absolute atomic E-state index is 0.0462. The van der Waals surface area contributed by atoms with Crippen LogP contribution in [-0.4, -0.2) is 9.97 Å². The van der Waals surface area contributed by atoms with Gasteiger partial charge >= 0.3 is 0 Å². The summed E-state index contributed by atoms with van der Waals surface area (Å²) >= 11 is 1.71. The van der Waals surface area contributed by atoms with E-state index >= 15 is 0 Å². The van der Waals surface area contributed by atoms with Gasteiger partial charge in [0.15, 0.2) is 5.82 Å². The van der Waals surface area contributed by atoms with E-state index in [0.29, 0.717) is 5.82 Å². The number of hydrogen-bond acceptors (Lipinski definition) is 4. The number of fused-ring (bicyclic) bond motifs is 12. The van der Waals surface area contributed by atoms with Gasteiger partial charge in [-0.15, -0.1) is 11.3 Å². The molecule has 0 radical (unpaired) electrons. The van der Waals surface area contributed by atoms with Crippen LogP contribution in [0.1, 0.15) is 49.9 Å². The Morgan fingerprint density at radius 3 is 1.95 bits per heavy atom. The first-order chi connectivity index (χ1) is 27.3. The largest absolute Gasteiger partial charge is 0.455 e. The molecule has 2 aliphatic carbocycles. The molecule has 7 aromatic carbocycles. The lowest BCUT2D eigenvalue weighted by atomic mass is 9.79. The van der Waals surface area contributed by atoms with Crippen molar-refractivity contribution in [2.45, 2.75) is 38.5 Å². The van der Waals surface area contributed by atoms with Crippen molar-refractivity contribution in [2.75, 3.05) is 0 Å². The van der Waals surface area contributed by atoms with Crippen LogP contribution in [0.2, 0.25) is 0 Å². The van der Waals surface area contributed by atoms with Gasteiger partial charge in [-0.3, -0.25) is 0 Å². The number of thiophene rings is 1. The summed E-state index contributed by atoms with van der Waals surface area (Å²) in [6, 6.07) is 52.9. The first kappa shape index (κ1) is 31.9. The average Bonchev–Trinajstić information content (AvgIpc) is 3.92. The van der Waals surface area contributed by atoms with Crippen LogP contribution in [0.25, 0.3) is 98.3 Å². The molecule has 3 aromatic heterocycles. The van der Waals surface area contributed by atoms with Crippen LogP contribution in [0.4, 0.5) is 0 Å². The molecule has 56 heavy (non-hydrogen) atoms. The number of hydrogen-bond donors (Lipinski definition) is 0. The lowest BCUT2D eigenvalue weighted by molar-refractivity contribution is 0.652. The SMILES string of the molecule is CC1(C)c2ccccc2-c2cc3c(cc21)-c1cc(-c2ccc4oc5c(-c6nc(-c7ccccc7)c7c(n6)sc6ccccc67)cccc5c4c2)ccc1C3(C)C. The standard InChI is InChI=1S/C52H36N2OS/c1-51(2)40-19-10-8-15-32(40)37-27-43-38(28-42(37)51)36-25-30(21-23-41(36)52(43,3)4)31-22-24-44-39(26-31)33-17-12-18-35(48(33)55-44)49-53-47(29-13-6-5-7-14-29)46-34-16-9-11-20-45(34)56-50(46)54-49/h5-28H,1-4H3. The van der Waals surface area contributed by atoms with Gasteiger partial charge in [-0.2, -0.15) is 0 Å². The third-order valence-corrected chi connectivity index (χ3v) is 13.8. The Balaban J connectivity index is 0.995. The summed E-state index contributed by atoms with van der Waals surface area (Å²) in [6.45, 7) is 9.49. The fourth-order valence-corrected chi connectivity index (χ4v) is 10.9. The highest BCUT2D eigenvalue weighted by Gasteiger charge is 2.41. The topological polar surface area (TPSA) is 38.9 Å². The summed E-state index contributed by atoms with van der Waals surface area (Å²) in [4.78, 5) is 11.5. The van der Waals surface area contributed by atoms with Gasteiger partial charge in [0.2, 0.25) is 0 Å². The zero-order valence-electron chi connectivity index (χ0n) is 31.6. The van der Waals surface area contributed by atoms with E-state index < -0.39 is 0 Å². The van der Waals surface area contributed by atoms with Gasteiger partial charge < -0.3 is 4.42 Å². The van der Waals surface area contributed by atoms with Gasteiger partial charge in [-0.05, 0) is 98.1 Å². The quantitative estimate of drug-likeness (QED) is 0.181. The zero-order chi connectivity index (χ0) is 37.5. The number of benzene rings is 7. The van der Waals surface area contributed by atoms with E-state index in [1.165, 1.54) is 65.7 Å². The molecule has 0 atom stereocenters. The fraction of sp³-hybridized carbons (Fsp3) is 0.115. The monoisotopic (exact) mass is 736 g/mol. The molecule has 3 nitrogen and oxygen atoms in total. The molecule has 0 saturated carbocycles. The maximum Gasteiger partial charge on any atom is 0.165 e. The van der Waals surface area contributed by atoms with Crippen molar-refractivity contribution in [1.29, 1.82) is 0 Å². The summed E-state index contributed by atoms with van der Waals surface area (Å²) in [5.41, 5.74) is 17.9. The molecule has 0 aliphatic heterocycles. The number of nitrogens with zero attached hydrogens (tertiary/aromatic N) is 2. The smallest absolute Gasteiger partial charge is 0.165 e. The number of aromatic nitrogens is 2. The maximum absolute atomic E-state index is 6.71. The van der Waals surface area contributed by atoms with Crippen LogP contribution in [0, 0.1) is 0 Å². The van der Waals surface area contributed by atoms with Crippen LogP contribution in [-0.2, 0) is 10.8 Å². The normalized spacial score (nSPS) is 14.7. The van der Waals surface area contributed by atoms with Crippen molar-refractivity contribution in [3.8, 4) is 56.0 Å². The minimum atomic E-state index is -0.0949. The second-order valence-electron chi connectivity index (χ2n) is 16.5. The molecular weight excluding hydrogens is 701 g/mol. The van der Waals surface area contributed by atoms with Crippen molar-refractivity contribution in [3.05, 3.63) is 168 Å². The van der Waals surface area contributed by atoms with Crippen molar-refractivity contribution in [2.24, 2.45) is 0 Å². The first-order valence-electron chi connectivity index (χ1n) is 19.4. The average molecular weight is 737 g/mol. The van der Waals surface area contributed by atoms with Gasteiger partial charge in [0.1, 0.15) is 16.0 Å². The molecule has 2 aliphatic rings. The van der Waals surface area contributed by atoms with Crippen LogP contribution in [0.3, 0.4) is 0 Å². The molecule has 3 heterocycles. The molecule has 266 valence electrons. The lowest BCUT2D eigenvalue weighted by Crippen LogP contribution is -2.16. The molecule has 0 bridgehead atoms. The van der Waals surface area contributed by atoms with Crippen LogP contribution >= 0.6 is 11.3 Å². The van der Waals surface area contributed by atoms with Gasteiger partial charge in [0.05, 0.1) is 11.3 Å². The predicted octanol–water partition coefficient (Wildman–Crippen LogP) is 14.4. The summed E-state index contributed by atoms with van der Waals surface area (Å²) in [5, 5.41) is 4.43. The molecule has 0 N–H and O–H groups in total. The number of furan rings is 1. The van der Waals surface area contributed by atoms with E-state index in [0.717, 1.165) is 49.0 Å². The first-order valence-corrected chi connectivity index (χ1v) is 20.2. The molecule has 0 fully saturated rings. The Hall–Kier alpha value is -6.36. The van der Waals surface area contributed by atoms with Gasteiger partial charge in [-0.25, -0.2) is 9.97 Å². The van der Waals surface area contributed by atoms with Gasteiger partial charge in [0.25, 0.3) is 0 Å². The van der Waals surface area contributed by atoms with Crippen LogP contribution < -0.4 is 0 Å². The molecule has 0 unspecified atom stereocenters. The van der Waals surface area contributed by atoms with E-state index in [1.54, 1.807) is 11.3 Å². The number of para-hydroxylation sites is 1. The van der Waals surface area contributed by atoms with Gasteiger partial charge in [0, 0.05) is 42.6 Å². The highest BCUT2D eigenvalue weighted by molar-refractivity contribution is 7.25. The van der Waals surface area contributed by atoms with Crippen LogP contribution in [0.5, 0.6) is 0 Å². The molecule has 0 amide bonds. The van der Waals surface area contributed by atoms with Crippen molar-refractivity contribution in [3.63, 3.8) is 0 Å². The Kier molecular flexibility index (Phi) is 6.34. The highest BCUT2D eigenvalue weighted by atomic mass is 32.1. The third kappa shape index (κ3) is 4.28. The summed E-state index contributed by atoms with van der Waals surface area (Å²) in [7, 11) is 0. The summed E-state index contributed by atoms with van der Waals surface area (Å²) in [5.74, 6) is 0.672. The van der Waals surface area contributed by atoms with E-state index in [-0.39, 0.29) is 10.8 Å². The zero-order valence-corrected chi connectivity index (χ0v) is 32.4. The second kappa shape index (κ2) is 11.1. The maximum atomic E-state index is 6.71. The molecule has 12 rings (SSSR count). The third-order valence-electron chi connectivity index (χ3n) is 12.7. The van der Waals surface area contributed by atoms with Crippen molar-refractivity contribution < 1.29 is 4.42 Å². The molecule has 4 heteroatoms. The highest BCUT2D eigenvalue weighted by Crippen LogP contribution is 2.56. The Labute approximate surface area is 328 Å². The molecule has 0 saturated heterocycles. The van der Waals surface area contributed by atoms with E-state index in [1.807, 2.05) is 6.07 Å². The predicted molar refractivity (Wildman–Crippen MR) is 234 cm³/mol. The fourth-order valence-electron chi connectivity index (χ4n) is 9.83. The van der Waals surface area contributed by atoms with Crippen molar-refractivity contribution >= 4 is 53.6 Å². The second-order valence-corrected chi connectivity index (χ2v) is 17.6. The molecule has 10 aromatic rings. The lowest BCUT2D eigenvalue weighted by Gasteiger charge is -2.24. The Morgan fingerprint density at radius 2 is 1.11 bits per heavy atom. The minimum Gasteiger partial charge on any atom is -0.455 e. The van der Waals surface area contributed by atoms with Crippen LogP contribution in [0.15, 0.2) is 150 Å². The molecule has 0 spiro atoms. The van der Waals surface area contributed by atoms with Gasteiger partial charge in [-0.1, -0.05) is 131 Å². The van der Waals surface area contributed by atoms with E-state index in [2.05, 4.69) is 167 Å².